The summed E-state index contributed by atoms with van der Waals surface area (Å²) in [7, 11) is 1.71. The molecule has 2 aliphatic heterocycles. The average molecular weight is 363 g/mol. The van der Waals surface area contributed by atoms with Crippen LogP contribution >= 0.6 is 0 Å². The maximum Gasteiger partial charge on any atom is 0.415 e. The number of aromatic nitrogens is 5. The number of amides is 1. The monoisotopic (exact) mass is 363 g/mol. The van der Waals surface area contributed by atoms with Gasteiger partial charge in [-0.15, -0.1) is 10.2 Å². The van der Waals surface area contributed by atoms with Crippen molar-refractivity contribution in [2.45, 2.75) is 18.6 Å². The number of cyclic esters (lactones) is 1. The number of anilines is 1. The van der Waals surface area contributed by atoms with Gasteiger partial charge < -0.3 is 10.5 Å². The summed E-state index contributed by atoms with van der Waals surface area (Å²) in [6.07, 6.45) is 1.96. The number of nitrogens with two attached hydrogens (primary N) is 1. The third kappa shape index (κ3) is 2.47. The number of nitrogens with zero attached hydrogens (tertiary/aromatic N) is 6. The number of hydrogen-bond acceptors (Lipinski definition) is 7. The Hall–Kier alpha value is -3.33. The summed E-state index contributed by atoms with van der Waals surface area (Å²) in [5.41, 5.74) is 10.5. The standard InChI is InChI=1S/C18H17N7O2/c1-24-22-17(21-23-24)13-4-2-11(9-20-13)10-3-5-14-12(6-10)7-15-16(8-19)27-18(26)25(14)15/h2-6,9,15-16H,7-8,19H2,1H3/t15-,16-/m0/s1. The van der Waals surface area contributed by atoms with Crippen molar-refractivity contribution in [3.05, 3.63) is 42.1 Å². The molecule has 27 heavy (non-hydrogen) atoms. The van der Waals surface area contributed by atoms with Crippen molar-refractivity contribution in [1.82, 2.24) is 25.2 Å². The van der Waals surface area contributed by atoms with E-state index in [1.54, 1.807) is 18.1 Å². The molecule has 2 N–H and O–H groups in total. The van der Waals surface area contributed by atoms with Crippen molar-refractivity contribution in [2.75, 3.05) is 11.4 Å². The number of fused-ring (bicyclic) bond motifs is 3. The number of hydrogen-bond donors (Lipinski definition) is 1. The Morgan fingerprint density at radius 1 is 1.26 bits per heavy atom. The molecule has 3 aromatic rings. The lowest BCUT2D eigenvalue weighted by Gasteiger charge is -2.14. The molecule has 0 radical (unpaired) electrons. The van der Waals surface area contributed by atoms with E-state index in [0.717, 1.165) is 28.8 Å². The Morgan fingerprint density at radius 3 is 2.81 bits per heavy atom. The predicted molar refractivity (Wildman–Crippen MR) is 96.8 cm³/mol. The van der Waals surface area contributed by atoms with Crippen molar-refractivity contribution in [3.63, 3.8) is 0 Å². The van der Waals surface area contributed by atoms with Gasteiger partial charge in [-0.25, -0.2) is 4.79 Å². The number of ether oxygens (including phenoxy) is 1. The van der Waals surface area contributed by atoms with Gasteiger partial charge in [0.05, 0.1) is 18.8 Å². The summed E-state index contributed by atoms with van der Waals surface area (Å²) >= 11 is 0. The second kappa shape index (κ2) is 5.85. The van der Waals surface area contributed by atoms with Crippen LogP contribution in [0.15, 0.2) is 36.5 Å². The topological polar surface area (TPSA) is 112 Å². The first-order chi connectivity index (χ1) is 13.1. The van der Waals surface area contributed by atoms with Crippen LogP contribution in [0.5, 0.6) is 0 Å². The molecule has 1 amide bonds. The SMILES string of the molecule is Cn1nnc(-c2ccc(-c3ccc4c(c3)C[C@H]3[C@H](CN)OC(=O)N43)cn2)n1. The summed E-state index contributed by atoms with van der Waals surface area (Å²) in [4.78, 5) is 19.7. The zero-order valence-electron chi connectivity index (χ0n) is 14.6. The van der Waals surface area contributed by atoms with Crippen LogP contribution in [0.2, 0.25) is 0 Å². The van der Waals surface area contributed by atoms with E-state index in [2.05, 4.69) is 26.5 Å². The second-order valence-corrected chi connectivity index (χ2v) is 6.68. The molecule has 4 heterocycles. The lowest BCUT2D eigenvalue weighted by molar-refractivity contribution is 0.135. The molecule has 1 fully saturated rings. The first-order valence-corrected chi connectivity index (χ1v) is 8.67. The Labute approximate surface area is 154 Å². The van der Waals surface area contributed by atoms with Crippen molar-refractivity contribution in [2.24, 2.45) is 12.8 Å². The molecule has 0 unspecified atom stereocenters. The normalized spacial score (nSPS) is 20.5. The third-order valence-corrected chi connectivity index (χ3v) is 5.04. The van der Waals surface area contributed by atoms with E-state index in [0.29, 0.717) is 18.1 Å². The minimum Gasteiger partial charge on any atom is -0.442 e. The smallest absolute Gasteiger partial charge is 0.415 e. The highest BCUT2D eigenvalue weighted by molar-refractivity contribution is 5.94. The average Bonchev–Trinajstić information content (AvgIpc) is 3.36. The highest BCUT2D eigenvalue weighted by atomic mass is 16.6. The van der Waals surface area contributed by atoms with Gasteiger partial charge >= 0.3 is 6.09 Å². The lowest BCUT2D eigenvalue weighted by atomic mass is 10.0. The molecule has 0 saturated carbocycles. The summed E-state index contributed by atoms with van der Waals surface area (Å²) < 4.78 is 5.34. The van der Waals surface area contributed by atoms with Gasteiger partial charge in [-0.05, 0) is 41.0 Å². The van der Waals surface area contributed by atoms with Crippen LogP contribution in [-0.2, 0) is 18.2 Å². The molecule has 2 aromatic heterocycles. The molecular formula is C18H17N7O2. The van der Waals surface area contributed by atoms with Crippen LogP contribution in [-0.4, -0.2) is 50.0 Å². The molecule has 9 nitrogen and oxygen atoms in total. The molecule has 2 atom stereocenters. The molecule has 5 rings (SSSR count). The number of carbonyl (C=O) groups is 1. The Kier molecular flexibility index (Phi) is 3.44. The molecule has 2 aliphatic rings. The van der Waals surface area contributed by atoms with Crippen LogP contribution in [0.4, 0.5) is 10.5 Å². The van der Waals surface area contributed by atoms with E-state index < -0.39 is 0 Å². The van der Waals surface area contributed by atoms with E-state index in [1.807, 2.05) is 24.3 Å². The third-order valence-electron chi connectivity index (χ3n) is 5.04. The van der Waals surface area contributed by atoms with E-state index in [-0.39, 0.29) is 18.2 Å². The molecule has 9 heteroatoms. The Balaban J connectivity index is 1.45. The number of benzene rings is 1. The Morgan fingerprint density at radius 2 is 2.11 bits per heavy atom. The zero-order chi connectivity index (χ0) is 18.5. The van der Waals surface area contributed by atoms with Gasteiger partial charge in [0.2, 0.25) is 5.82 Å². The van der Waals surface area contributed by atoms with E-state index in [1.165, 1.54) is 4.80 Å². The van der Waals surface area contributed by atoms with Gasteiger partial charge in [-0.2, -0.15) is 4.80 Å². The van der Waals surface area contributed by atoms with Crippen LogP contribution in [0.1, 0.15) is 5.56 Å². The number of carbonyl (C=O) groups excluding carboxylic acids is 1. The van der Waals surface area contributed by atoms with Crippen molar-refractivity contribution < 1.29 is 9.53 Å². The first kappa shape index (κ1) is 15.9. The van der Waals surface area contributed by atoms with Gasteiger partial charge in [0, 0.05) is 18.3 Å². The van der Waals surface area contributed by atoms with Crippen molar-refractivity contribution in [3.8, 4) is 22.6 Å². The minimum atomic E-state index is -0.315. The van der Waals surface area contributed by atoms with Gasteiger partial charge in [0.1, 0.15) is 11.8 Å². The van der Waals surface area contributed by atoms with Crippen LogP contribution in [0.3, 0.4) is 0 Å². The summed E-state index contributed by atoms with van der Waals surface area (Å²) in [5, 5.41) is 12.0. The summed E-state index contributed by atoms with van der Waals surface area (Å²) in [6.45, 7) is 0.329. The number of pyridine rings is 1. The molecule has 136 valence electrons. The molecule has 1 saturated heterocycles. The minimum absolute atomic E-state index is 0.0176. The quantitative estimate of drug-likeness (QED) is 0.743. The fourth-order valence-corrected chi connectivity index (χ4v) is 3.74. The van der Waals surface area contributed by atoms with Crippen molar-refractivity contribution in [1.29, 1.82) is 0 Å². The molecule has 1 aromatic carbocycles. The van der Waals surface area contributed by atoms with Gasteiger partial charge in [-0.3, -0.25) is 9.88 Å². The first-order valence-electron chi connectivity index (χ1n) is 8.67. The van der Waals surface area contributed by atoms with E-state index >= 15 is 0 Å². The van der Waals surface area contributed by atoms with Crippen LogP contribution in [0.25, 0.3) is 22.6 Å². The number of rotatable bonds is 3. The largest absolute Gasteiger partial charge is 0.442 e. The number of tetrazole rings is 1. The maximum atomic E-state index is 12.1. The van der Waals surface area contributed by atoms with E-state index in [4.69, 9.17) is 10.5 Å². The Bertz CT molecular complexity index is 1030. The fraction of sp³-hybridized carbons (Fsp3) is 0.278. The van der Waals surface area contributed by atoms with Gasteiger partial charge in [0.25, 0.3) is 0 Å². The van der Waals surface area contributed by atoms with Crippen LogP contribution < -0.4 is 10.6 Å². The zero-order valence-corrected chi connectivity index (χ0v) is 14.6. The molecule has 0 aliphatic carbocycles. The van der Waals surface area contributed by atoms with Crippen LogP contribution in [0, 0.1) is 0 Å². The number of aryl methyl sites for hydroxylation is 1. The highest BCUT2D eigenvalue weighted by Crippen LogP contribution is 2.40. The maximum absolute atomic E-state index is 12.1. The molecule has 0 spiro atoms. The fourth-order valence-electron chi connectivity index (χ4n) is 3.74. The van der Waals surface area contributed by atoms with Gasteiger partial charge in [-0.1, -0.05) is 12.1 Å². The lowest BCUT2D eigenvalue weighted by Crippen LogP contribution is -2.37. The highest BCUT2D eigenvalue weighted by Gasteiger charge is 2.46. The molecule has 0 bridgehead atoms. The van der Waals surface area contributed by atoms with E-state index in [9.17, 15) is 4.79 Å². The molecular weight excluding hydrogens is 346 g/mol. The van der Waals surface area contributed by atoms with Gasteiger partial charge in [0.15, 0.2) is 0 Å². The summed E-state index contributed by atoms with van der Waals surface area (Å²) in [6, 6.07) is 9.89. The second-order valence-electron chi connectivity index (χ2n) is 6.68. The summed E-state index contributed by atoms with van der Waals surface area (Å²) in [5.74, 6) is 0.491. The predicted octanol–water partition coefficient (Wildman–Crippen LogP) is 1.15. The van der Waals surface area contributed by atoms with Crippen molar-refractivity contribution >= 4 is 11.8 Å².